The molecule has 1 aliphatic carbocycles. The van der Waals surface area contributed by atoms with E-state index < -0.39 is 5.97 Å². The Bertz CT molecular complexity index is 575. The molecule has 0 saturated heterocycles. The maximum Gasteiger partial charge on any atom is 0.354 e. The van der Waals surface area contributed by atoms with Crippen molar-refractivity contribution < 1.29 is 9.90 Å². The van der Waals surface area contributed by atoms with E-state index in [-0.39, 0.29) is 11.7 Å². The lowest BCUT2D eigenvalue weighted by molar-refractivity contribution is 0.0688. The number of nitrogens with zero attached hydrogens (tertiary/aromatic N) is 3. The van der Waals surface area contributed by atoms with Crippen molar-refractivity contribution in [3.8, 4) is 11.4 Å². The summed E-state index contributed by atoms with van der Waals surface area (Å²) in [6, 6.07) is -0.366. The number of H-pyrrole nitrogens is 1. The highest BCUT2D eigenvalue weighted by Crippen LogP contribution is 2.37. The van der Waals surface area contributed by atoms with Crippen molar-refractivity contribution in [2.24, 2.45) is 5.73 Å². The Morgan fingerprint density at radius 3 is 3.12 bits per heavy atom. The van der Waals surface area contributed by atoms with Crippen LogP contribution in [0.25, 0.3) is 11.4 Å². The lowest BCUT2D eigenvalue weighted by atomic mass is 9.93. The molecule has 8 heteroatoms. The molecular formula is C8H7N5O2S. The van der Waals surface area contributed by atoms with Gasteiger partial charge in [-0.05, 0) is 11.5 Å². The fourth-order valence-corrected chi connectivity index (χ4v) is 2.58. The molecule has 0 amide bonds. The molecule has 2 aromatic heterocycles. The van der Waals surface area contributed by atoms with Crippen LogP contribution >= 0.6 is 11.5 Å². The second-order valence-corrected chi connectivity index (χ2v) is 4.36. The predicted molar refractivity (Wildman–Crippen MR) is 55.1 cm³/mol. The summed E-state index contributed by atoms with van der Waals surface area (Å²) < 4.78 is 3.83. The number of aromatic amines is 1. The molecule has 0 aromatic carbocycles. The summed E-state index contributed by atoms with van der Waals surface area (Å²) in [4.78, 5) is 11.9. The molecule has 2 heterocycles. The maximum atomic E-state index is 11.0. The van der Waals surface area contributed by atoms with E-state index in [1.54, 1.807) is 0 Å². The van der Waals surface area contributed by atoms with Crippen molar-refractivity contribution in [3.63, 3.8) is 0 Å². The largest absolute Gasteiger partial charge is 0.477 e. The quantitative estimate of drug-likeness (QED) is 0.651. The lowest BCUT2D eigenvalue weighted by Crippen LogP contribution is -2.20. The molecule has 1 aliphatic rings. The number of carboxylic acids is 1. The Kier molecular flexibility index (Phi) is 1.82. The maximum absolute atomic E-state index is 11.0. The van der Waals surface area contributed by atoms with Gasteiger partial charge in [-0.3, -0.25) is 5.10 Å². The summed E-state index contributed by atoms with van der Waals surface area (Å²) >= 11 is 1.27. The number of carbonyl (C=O) groups is 1. The van der Waals surface area contributed by atoms with Crippen LogP contribution in [0.5, 0.6) is 0 Å². The summed E-state index contributed by atoms with van der Waals surface area (Å²) in [7, 11) is 0. The highest BCUT2D eigenvalue weighted by molar-refractivity contribution is 7.06. The normalized spacial score (nSPS) is 17.9. The number of rotatable bonds is 1. The van der Waals surface area contributed by atoms with Gasteiger partial charge in [-0.15, -0.1) is 5.10 Å². The van der Waals surface area contributed by atoms with Crippen molar-refractivity contribution in [2.75, 3.05) is 0 Å². The molecule has 16 heavy (non-hydrogen) atoms. The molecule has 0 saturated carbocycles. The third-order valence-corrected chi connectivity index (χ3v) is 3.32. The fourth-order valence-electron chi connectivity index (χ4n) is 1.88. The van der Waals surface area contributed by atoms with Crippen LogP contribution in [0.3, 0.4) is 0 Å². The van der Waals surface area contributed by atoms with E-state index in [2.05, 4.69) is 19.8 Å². The van der Waals surface area contributed by atoms with Crippen molar-refractivity contribution >= 4 is 17.5 Å². The minimum atomic E-state index is -1.06. The van der Waals surface area contributed by atoms with E-state index in [0.29, 0.717) is 23.4 Å². The fraction of sp³-hybridized carbons (Fsp3) is 0.250. The lowest BCUT2D eigenvalue weighted by Gasteiger charge is -2.16. The molecule has 7 nitrogen and oxygen atoms in total. The minimum absolute atomic E-state index is 0.0427. The number of aromatic nitrogens is 4. The Morgan fingerprint density at radius 2 is 2.38 bits per heavy atom. The van der Waals surface area contributed by atoms with Gasteiger partial charge in [0.2, 0.25) is 0 Å². The smallest absolute Gasteiger partial charge is 0.354 e. The number of fused-ring (bicyclic) bond motifs is 3. The minimum Gasteiger partial charge on any atom is -0.477 e. The van der Waals surface area contributed by atoms with Gasteiger partial charge in [-0.2, -0.15) is 5.10 Å². The van der Waals surface area contributed by atoms with E-state index in [1.807, 2.05) is 0 Å². The van der Waals surface area contributed by atoms with Gasteiger partial charge in [-0.25, -0.2) is 4.79 Å². The Hall–Kier alpha value is -1.80. The first-order chi connectivity index (χ1) is 7.68. The average Bonchev–Trinajstić information content (AvgIpc) is 2.80. The summed E-state index contributed by atoms with van der Waals surface area (Å²) in [5.74, 6) is -1.06. The number of hydrogen-bond acceptors (Lipinski definition) is 6. The number of aromatic carboxylic acids is 1. The van der Waals surface area contributed by atoms with Gasteiger partial charge in [0, 0.05) is 18.0 Å². The van der Waals surface area contributed by atoms with E-state index in [9.17, 15) is 4.79 Å². The second kappa shape index (κ2) is 3.09. The monoisotopic (exact) mass is 237 g/mol. The van der Waals surface area contributed by atoms with Gasteiger partial charge in [0.1, 0.15) is 17.1 Å². The first kappa shape index (κ1) is 9.43. The van der Waals surface area contributed by atoms with Crippen LogP contribution < -0.4 is 5.73 Å². The molecule has 3 rings (SSSR count). The Labute approximate surface area is 93.5 Å². The van der Waals surface area contributed by atoms with Crippen LogP contribution in [0.1, 0.15) is 27.0 Å². The summed E-state index contributed by atoms with van der Waals surface area (Å²) in [6.07, 6.45) is 0.555. The number of hydrogen-bond donors (Lipinski definition) is 3. The van der Waals surface area contributed by atoms with E-state index >= 15 is 0 Å². The second-order valence-electron chi connectivity index (χ2n) is 3.52. The van der Waals surface area contributed by atoms with Crippen LogP contribution in [0, 0.1) is 0 Å². The molecule has 0 fully saturated rings. The van der Waals surface area contributed by atoms with E-state index in [4.69, 9.17) is 10.8 Å². The summed E-state index contributed by atoms with van der Waals surface area (Å²) in [5, 5.41) is 19.4. The zero-order valence-corrected chi connectivity index (χ0v) is 8.78. The molecule has 82 valence electrons. The standard InChI is InChI=1S/C8H7N5O2S/c9-2-1-3-5(12-13-16-3)6-4(2)7(8(14)15)11-10-6/h2H,1,9H2,(H,10,11)(H,14,15). The highest BCUT2D eigenvalue weighted by Gasteiger charge is 2.32. The zero-order valence-electron chi connectivity index (χ0n) is 7.97. The summed E-state index contributed by atoms with van der Waals surface area (Å²) in [6.45, 7) is 0. The van der Waals surface area contributed by atoms with Gasteiger partial charge in [-0.1, -0.05) is 4.49 Å². The van der Waals surface area contributed by atoms with Crippen molar-refractivity contribution in [1.29, 1.82) is 0 Å². The first-order valence-electron chi connectivity index (χ1n) is 4.57. The number of carboxylic acid groups (broad SMARTS) is 1. The average molecular weight is 237 g/mol. The molecule has 1 unspecified atom stereocenters. The van der Waals surface area contributed by atoms with Crippen molar-refractivity contribution in [2.45, 2.75) is 12.5 Å². The SMILES string of the molecule is NC1Cc2snnc2-c2n[nH]c(C(=O)O)c21. The first-order valence-corrected chi connectivity index (χ1v) is 5.34. The number of nitrogens with two attached hydrogens (primary N) is 1. The van der Waals surface area contributed by atoms with Crippen LogP contribution in [-0.4, -0.2) is 30.9 Å². The molecule has 0 bridgehead atoms. The topological polar surface area (TPSA) is 118 Å². The van der Waals surface area contributed by atoms with Gasteiger partial charge >= 0.3 is 5.97 Å². The van der Waals surface area contributed by atoms with Crippen molar-refractivity contribution in [1.82, 2.24) is 19.8 Å². The third kappa shape index (κ3) is 1.11. The third-order valence-electron chi connectivity index (χ3n) is 2.57. The van der Waals surface area contributed by atoms with Gasteiger partial charge < -0.3 is 10.8 Å². The van der Waals surface area contributed by atoms with Gasteiger partial charge in [0.15, 0.2) is 0 Å². The van der Waals surface area contributed by atoms with E-state index in [1.165, 1.54) is 11.5 Å². The molecule has 4 N–H and O–H groups in total. The molecule has 0 radical (unpaired) electrons. The highest BCUT2D eigenvalue weighted by atomic mass is 32.1. The van der Waals surface area contributed by atoms with Crippen molar-refractivity contribution in [3.05, 3.63) is 16.1 Å². The molecule has 2 aromatic rings. The Morgan fingerprint density at radius 1 is 1.56 bits per heavy atom. The van der Waals surface area contributed by atoms with Gasteiger partial charge in [0.25, 0.3) is 0 Å². The summed E-state index contributed by atoms with van der Waals surface area (Å²) in [5.41, 5.74) is 7.65. The zero-order chi connectivity index (χ0) is 11.3. The van der Waals surface area contributed by atoms with Crippen LogP contribution in [0.15, 0.2) is 0 Å². The van der Waals surface area contributed by atoms with E-state index in [0.717, 1.165) is 4.88 Å². The number of nitrogens with one attached hydrogen (secondary N) is 1. The van der Waals surface area contributed by atoms with Gasteiger partial charge in [0.05, 0.1) is 4.88 Å². The molecule has 0 spiro atoms. The van der Waals surface area contributed by atoms with Crippen LogP contribution in [-0.2, 0) is 6.42 Å². The molecule has 0 aliphatic heterocycles. The molecular weight excluding hydrogens is 230 g/mol. The van der Waals surface area contributed by atoms with Crippen LogP contribution in [0.4, 0.5) is 0 Å². The Balaban J connectivity index is 2.27. The molecule has 1 atom stereocenters. The predicted octanol–water partition coefficient (Wildman–Crippen LogP) is 0.182. The van der Waals surface area contributed by atoms with Crippen LogP contribution in [0.2, 0.25) is 0 Å².